The zero-order valence-electron chi connectivity index (χ0n) is 13.1. The van der Waals surface area contributed by atoms with E-state index in [1.807, 2.05) is 0 Å². The van der Waals surface area contributed by atoms with Gasteiger partial charge >= 0.3 is 0 Å². The lowest BCUT2D eigenvalue weighted by molar-refractivity contribution is 0.291. The van der Waals surface area contributed by atoms with E-state index in [0.717, 1.165) is 18.4 Å². The van der Waals surface area contributed by atoms with Crippen LogP contribution in [-0.2, 0) is 0 Å². The molecule has 1 aliphatic rings. The quantitative estimate of drug-likeness (QED) is 0.791. The Morgan fingerprint density at radius 2 is 1.75 bits per heavy atom. The second-order valence-electron chi connectivity index (χ2n) is 6.07. The summed E-state index contributed by atoms with van der Waals surface area (Å²) in [7, 11) is 0. The van der Waals surface area contributed by atoms with Crippen molar-refractivity contribution in [2.75, 3.05) is 19.6 Å². The van der Waals surface area contributed by atoms with Crippen molar-refractivity contribution in [3.63, 3.8) is 0 Å². The molecule has 1 heterocycles. The van der Waals surface area contributed by atoms with Crippen LogP contribution in [0.3, 0.4) is 0 Å². The van der Waals surface area contributed by atoms with Crippen molar-refractivity contribution in [3.8, 4) is 0 Å². The summed E-state index contributed by atoms with van der Waals surface area (Å²) in [4.78, 5) is 0. The highest BCUT2D eigenvalue weighted by Gasteiger charge is 2.21. The van der Waals surface area contributed by atoms with Crippen LogP contribution in [0.25, 0.3) is 0 Å². The molecule has 2 rings (SSSR count). The zero-order valence-corrected chi connectivity index (χ0v) is 13.1. The van der Waals surface area contributed by atoms with Crippen LogP contribution in [0.1, 0.15) is 51.1 Å². The van der Waals surface area contributed by atoms with Gasteiger partial charge in [-0.25, -0.2) is 0 Å². The summed E-state index contributed by atoms with van der Waals surface area (Å²) in [5.41, 5.74) is 1.45. The highest BCUT2D eigenvalue weighted by atomic mass is 14.9. The predicted molar refractivity (Wildman–Crippen MR) is 86.9 cm³/mol. The summed E-state index contributed by atoms with van der Waals surface area (Å²) in [5.74, 6) is 1.58. The van der Waals surface area contributed by atoms with Crippen LogP contribution in [-0.4, -0.2) is 19.6 Å². The van der Waals surface area contributed by atoms with Gasteiger partial charge in [-0.3, -0.25) is 0 Å². The molecule has 1 saturated heterocycles. The van der Waals surface area contributed by atoms with E-state index < -0.39 is 0 Å². The molecule has 0 bridgehead atoms. The minimum absolute atomic E-state index is 0.515. The molecule has 1 unspecified atom stereocenters. The van der Waals surface area contributed by atoms with Crippen LogP contribution < -0.4 is 10.6 Å². The molecular weight excluding hydrogens is 244 g/mol. The summed E-state index contributed by atoms with van der Waals surface area (Å²) >= 11 is 0. The largest absolute Gasteiger partial charge is 0.317 e. The first-order valence-electron chi connectivity index (χ1n) is 8.34. The van der Waals surface area contributed by atoms with E-state index in [2.05, 4.69) is 54.8 Å². The van der Waals surface area contributed by atoms with Crippen molar-refractivity contribution in [1.82, 2.24) is 10.6 Å². The number of hydrogen-bond donors (Lipinski definition) is 2. The van der Waals surface area contributed by atoms with E-state index in [4.69, 9.17) is 0 Å². The fourth-order valence-corrected chi connectivity index (χ4v) is 3.36. The molecule has 2 nitrogen and oxygen atoms in total. The van der Waals surface area contributed by atoms with Gasteiger partial charge < -0.3 is 10.6 Å². The third-order valence-corrected chi connectivity index (χ3v) is 4.76. The van der Waals surface area contributed by atoms with Crippen LogP contribution in [0.4, 0.5) is 0 Å². The topological polar surface area (TPSA) is 24.1 Å². The lowest BCUT2D eigenvalue weighted by Gasteiger charge is -2.30. The maximum Gasteiger partial charge on any atom is 0.0348 e. The van der Waals surface area contributed by atoms with Crippen molar-refractivity contribution in [2.45, 2.75) is 45.6 Å². The van der Waals surface area contributed by atoms with Gasteiger partial charge in [-0.15, -0.1) is 0 Å². The number of hydrogen-bond acceptors (Lipinski definition) is 2. The lowest BCUT2D eigenvalue weighted by Crippen LogP contribution is -2.37. The van der Waals surface area contributed by atoms with E-state index in [9.17, 15) is 0 Å². The Morgan fingerprint density at radius 1 is 1.10 bits per heavy atom. The van der Waals surface area contributed by atoms with Crippen molar-refractivity contribution in [1.29, 1.82) is 0 Å². The Hall–Kier alpha value is -0.860. The van der Waals surface area contributed by atoms with E-state index in [0.29, 0.717) is 6.04 Å². The van der Waals surface area contributed by atoms with Gasteiger partial charge in [0, 0.05) is 6.04 Å². The van der Waals surface area contributed by atoms with E-state index in [1.165, 1.54) is 44.3 Å². The molecule has 0 aromatic heterocycles. The lowest BCUT2D eigenvalue weighted by atomic mass is 9.88. The van der Waals surface area contributed by atoms with E-state index >= 15 is 0 Å². The average Bonchev–Trinajstić information content (AvgIpc) is 2.53. The van der Waals surface area contributed by atoms with E-state index in [1.54, 1.807) is 0 Å². The SMILES string of the molecule is CCC(CC)C(NCC1CCNCC1)c1ccccc1. The number of rotatable bonds is 7. The first-order valence-corrected chi connectivity index (χ1v) is 8.34. The van der Waals surface area contributed by atoms with Gasteiger partial charge in [-0.05, 0) is 49.9 Å². The summed E-state index contributed by atoms with van der Waals surface area (Å²) < 4.78 is 0. The second-order valence-corrected chi connectivity index (χ2v) is 6.07. The van der Waals surface area contributed by atoms with Gasteiger partial charge in [0.15, 0.2) is 0 Å². The van der Waals surface area contributed by atoms with Gasteiger partial charge in [-0.2, -0.15) is 0 Å². The molecule has 1 fully saturated rings. The molecule has 0 radical (unpaired) electrons. The van der Waals surface area contributed by atoms with Crippen molar-refractivity contribution in [3.05, 3.63) is 35.9 Å². The Labute approximate surface area is 124 Å². The third kappa shape index (κ3) is 4.32. The Balaban J connectivity index is 1.98. The molecule has 112 valence electrons. The normalized spacial score (nSPS) is 18.4. The van der Waals surface area contributed by atoms with Crippen molar-refractivity contribution in [2.24, 2.45) is 11.8 Å². The van der Waals surface area contributed by atoms with Gasteiger partial charge in [0.1, 0.15) is 0 Å². The van der Waals surface area contributed by atoms with Crippen molar-refractivity contribution < 1.29 is 0 Å². The molecule has 1 aromatic carbocycles. The van der Waals surface area contributed by atoms with Crippen LogP contribution in [0.15, 0.2) is 30.3 Å². The predicted octanol–water partition coefficient (Wildman–Crippen LogP) is 3.75. The number of piperidine rings is 1. The Morgan fingerprint density at radius 3 is 2.35 bits per heavy atom. The first-order chi connectivity index (χ1) is 9.85. The molecule has 1 aromatic rings. The fourth-order valence-electron chi connectivity index (χ4n) is 3.36. The maximum atomic E-state index is 3.88. The van der Waals surface area contributed by atoms with Gasteiger partial charge in [0.2, 0.25) is 0 Å². The summed E-state index contributed by atoms with van der Waals surface area (Å²) in [6.45, 7) is 8.17. The maximum absolute atomic E-state index is 3.88. The van der Waals surface area contributed by atoms with Crippen LogP contribution in [0.2, 0.25) is 0 Å². The highest BCUT2D eigenvalue weighted by Crippen LogP contribution is 2.27. The standard InChI is InChI=1S/C18H30N2/c1-3-16(4-2)18(17-8-6-5-7-9-17)20-14-15-10-12-19-13-11-15/h5-9,15-16,18-20H,3-4,10-14H2,1-2H3. The van der Waals surface area contributed by atoms with Crippen LogP contribution >= 0.6 is 0 Å². The van der Waals surface area contributed by atoms with Crippen LogP contribution in [0, 0.1) is 11.8 Å². The Kier molecular flexibility index (Phi) is 6.55. The molecule has 20 heavy (non-hydrogen) atoms. The first kappa shape index (κ1) is 15.5. The minimum atomic E-state index is 0.515. The van der Waals surface area contributed by atoms with Crippen LogP contribution in [0.5, 0.6) is 0 Å². The molecule has 2 heteroatoms. The molecule has 0 aliphatic carbocycles. The average molecular weight is 274 g/mol. The fraction of sp³-hybridized carbons (Fsp3) is 0.667. The summed E-state index contributed by atoms with van der Waals surface area (Å²) in [6, 6.07) is 11.5. The Bertz CT molecular complexity index is 353. The molecular formula is C18H30N2. The highest BCUT2D eigenvalue weighted by molar-refractivity contribution is 5.19. The molecule has 1 atom stereocenters. The molecule has 0 amide bonds. The molecule has 0 spiro atoms. The summed E-state index contributed by atoms with van der Waals surface area (Å²) in [6.07, 6.45) is 5.12. The third-order valence-electron chi connectivity index (χ3n) is 4.76. The van der Waals surface area contributed by atoms with E-state index in [-0.39, 0.29) is 0 Å². The molecule has 0 saturated carbocycles. The number of benzene rings is 1. The van der Waals surface area contributed by atoms with Gasteiger partial charge in [0.25, 0.3) is 0 Å². The number of nitrogens with one attached hydrogen (secondary N) is 2. The monoisotopic (exact) mass is 274 g/mol. The van der Waals surface area contributed by atoms with Gasteiger partial charge in [-0.1, -0.05) is 57.0 Å². The second kappa shape index (κ2) is 8.43. The molecule has 2 N–H and O–H groups in total. The minimum Gasteiger partial charge on any atom is -0.317 e. The summed E-state index contributed by atoms with van der Waals surface area (Å²) in [5, 5.41) is 7.33. The smallest absolute Gasteiger partial charge is 0.0348 e. The van der Waals surface area contributed by atoms with Crippen molar-refractivity contribution >= 4 is 0 Å². The molecule has 1 aliphatic heterocycles. The zero-order chi connectivity index (χ0) is 14.2. The van der Waals surface area contributed by atoms with Gasteiger partial charge in [0.05, 0.1) is 0 Å².